The molecule has 152 valence electrons. The number of benzene rings is 1. The molecule has 1 unspecified atom stereocenters. The SMILES string of the molecule is C=CCN1C(=O)C(CC(=O)Nc2ccc(C)cc2)SC1=NS(=O)(=O)c1cccs1. The number of nitrogens with one attached hydrogen (secondary N) is 1. The van der Waals surface area contributed by atoms with Crippen LogP contribution >= 0.6 is 23.1 Å². The van der Waals surface area contributed by atoms with E-state index < -0.39 is 15.3 Å². The number of carbonyl (C=O) groups is 2. The molecule has 0 radical (unpaired) electrons. The molecule has 2 amide bonds. The normalized spacial score (nSPS) is 18.2. The zero-order valence-corrected chi connectivity index (χ0v) is 18.0. The molecule has 3 rings (SSSR count). The first-order valence-corrected chi connectivity index (χ1v) is 11.8. The van der Waals surface area contributed by atoms with Gasteiger partial charge in [0.1, 0.15) is 9.46 Å². The molecule has 2 aromatic rings. The van der Waals surface area contributed by atoms with Crippen LogP contribution in [0.5, 0.6) is 0 Å². The Morgan fingerprint density at radius 2 is 2.03 bits per heavy atom. The number of nitrogens with zero attached hydrogens (tertiary/aromatic N) is 2. The molecule has 29 heavy (non-hydrogen) atoms. The molecule has 10 heteroatoms. The molecule has 1 aromatic carbocycles. The number of thioether (sulfide) groups is 1. The molecule has 1 saturated heterocycles. The Balaban J connectivity index is 1.76. The van der Waals surface area contributed by atoms with Gasteiger partial charge in [0.25, 0.3) is 10.0 Å². The minimum atomic E-state index is -3.92. The van der Waals surface area contributed by atoms with Crippen molar-refractivity contribution in [3.05, 3.63) is 60.0 Å². The Bertz CT molecular complexity index is 1040. The maximum absolute atomic E-state index is 12.7. The van der Waals surface area contributed by atoms with Gasteiger partial charge in [-0.3, -0.25) is 14.5 Å². The second-order valence-corrected chi connectivity index (χ2v) is 10.2. The Morgan fingerprint density at radius 1 is 1.31 bits per heavy atom. The van der Waals surface area contributed by atoms with Crippen molar-refractivity contribution in [2.24, 2.45) is 4.40 Å². The lowest BCUT2D eigenvalue weighted by atomic mass is 10.2. The van der Waals surface area contributed by atoms with Gasteiger partial charge in [-0.25, -0.2) is 0 Å². The first kappa shape index (κ1) is 21.3. The predicted octanol–water partition coefficient (Wildman–Crippen LogP) is 3.26. The van der Waals surface area contributed by atoms with E-state index in [1.165, 1.54) is 17.0 Å². The van der Waals surface area contributed by atoms with Crippen LogP contribution < -0.4 is 5.32 Å². The lowest BCUT2D eigenvalue weighted by Crippen LogP contribution is -2.33. The van der Waals surface area contributed by atoms with Crippen LogP contribution in [0.1, 0.15) is 12.0 Å². The predicted molar refractivity (Wildman–Crippen MR) is 117 cm³/mol. The lowest BCUT2D eigenvalue weighted by molar-refractivity contribution is -0.127. The quantitative estimate of drug-likeness (QED) is 0.655. The van der Waals surface area contributed by atoms with Crippen LogP contribution in [0.3, 0.4) is 0 Å². The number of rotatable bonds is 7. The van der Waals surface area contributed by atoms with Crippen LogP contribution in [0.15, 0.2) is 63.0 Å². The fourth-order valence-electron chi connectivity index (χ4n) is 2.58. The monoisotopic (exact) mass is 449 g/mol. The number of hydrogen-bond donors (Lipinski definition) is 1. The number of aryl methyl sites for hydroxylation is 1. The van der Waals surface area contributed by atoms with E-state index in [1.807, 2.05) is 19.1 Å². The molecular formula is C19H19N3O4S3. The molecule has 1 aliphatic heterocycles. The highest BCUT2D eigenvalue weighted by atomic mass is 32.2. The van der Waals surface area contributed by atoms with Crippen molar-refractivity contribution in [1.29, 1.82) is 0 Å². The largest absolute Gasteiger partial charge is 0.326 e. The van der Waals surface area contributed by atoms with Crippen molar-refractivity contribution in [3.8, 4) is 0 Å². The van der Waals surface area contributed by atoms with Gasteiger partial charge in [0, 0.05) is 18.7 Å². The summed E-state index contributed by atoms with van der Waals surface area (Å²) < 4.78 is 28.9. The zero-order chi connectivity index (χ0) is 21.0. The first-order valence-electron chi connectivity index (χ1n) is 8.64. The van der Waals surface area contributed by atoms with Crippen molar-refractivity contribution >= 4 is 55.8 Å². The molecule has 1 aliphatic rings. The van der Waals surface area contributed by atoms with Crippen LogP contribution in [0.4, 0.5) is 5.69 Å². The van der Waals surface area contributed by atoms with Crippen LogP contribution in [0.25, 0.3) is 0 Å². The highest BCUT2D eigenvalue weighted by Gasteiger charge is 2.39. The first-order chi connectivity index (χ1) is 13.8. The summed E-state index contributed by atoms with van der Waals surface area (Å²) in [6.45, 7) is 5.66. The maximum atomic E-state index is 12.7. The van der Waals surface area contributed by atoms with E-state index >= 15 is 0 Å². The van der Waals surface area contributed by atoms with E-state index in [0.717, 1.165) is 28.7 Å². The minimum Gasteiger partial charge on any atom is -0.326 e. The van der Waals surface area contributed by atoms with Gasteiger partial charge < -0.3 is 5.32 Å². The smallest absolute Gasteiger partial charge is 0.294 e. The van der Waals surface area contributed by atoms with Gasteiger partial charge in [-0.15, -0.1) is 22.3 Å². The minimum absolute atomic E-state index is 0.0523. The maximum Gasteiger partial charge on any atom is 0.294 e. The standard InChI is InChI=1S/C19H19N3O4S3/c1-3-10-22-18(24)15(12-16(23)20-14-8-6-13(2)7-9-14)28-19(22)21-29(25,26)17-5-4-11-27-17/h3-9,11,15H,1,10,12H2,2H3,(H,20,23). The third-order valence-electron chi connectivity index (χ3n) is 3.99. The Morgan fingerprint density at radius 3 is 2.66 bits per heavy atom. The summed E-state index contributed by atoms with van der Waals surface area (Å²) in [5.41, 5.74) is 1.70. The van der Waals surface area contributed by atoms with Gasteiger partial charge in [-0.2, -0.15) is 8.42 Å². The molecule has 2 heterocycles. The summed E-state index contributed by atoms with van der Waals surface area (Å²) in [5, 5.41) is 3.69. The molecule has 0 aliphatic carbocycles. The Labute approximate surface area is 177 Å². The molecule has 1 aromatic heterocycles. The summed E-state index contributed by atoms with van der Waals surface area (Å²) in [4.78, 5) is 26.3. The van der Waals surface area contributed by atoms with E-state index in [2.05, 4.69) is 16.3 Å². The number of thiophene rings is 1. The van der Waals surface area contributed by atoms with Gasteiger partial charge >= 0.3 is 0 Å². The molecule has 0 bridgehead atoms. The van der Waals surface area contributed by atoms with Gasteiger partial charge in [-0.05, 0) is 30.5 Å². The molecular weight excluding hydrogens is 430 g/mol. The van der Waals surface area contributed by atoms with Gasteiger partial charge in [0.05, 0.1) is 0 Å². The van der Waals surface area contributed by atoms with Crippen molar-refractivity contribution in [3.63, 3.8) is 0 Å². The van der Waals surface area contributed by atoms with E-state index in [9.17, 15) is 18.0 Å². The van der Waals surface area contributed by atoms with Crippen LogP contribution in [-0.4, -0.2) is 42.1 Å². The molecule has 0 saturated carbocycles. The van der Waals surface area contributed by atoms with Gasteiger partial charge in [0.15, 0.2) is 5.17 Å². The number of hydrogen-bond acceptors (Lipinski definition) is 6. The number of amides is 2. The average molecular weight is 450 g/mol. The molecule has 7 nitrogen and oxygen atoms in total. The summed E-state index contributed by atoms with van der Waals surface area (Å²) >= 11 is 2.03. The number of carbonyl (C=O) groups excluding carboxylic acids is 2. The summed E-state index contributed by atoms with van der Waals surface area (Å²) in [6.07, 6.45) is 1.39. The summed E-state index contributed by atoms with van der Waals surface area (Å²) in [7, 11) is -3.92. The fourth-order valence-corrected chi connectivity index (χ4v) is 5.92. The molecule has 1 atom stereocenters. The second-order valence-electron chi connectivity index (χ2n) is 6.24. The van der Waals surface area contributed by atoms with E-state index in [0.29, 0.717) is 5.69 Å². The summed E-state index contributed by atoms with van der Waals surface area (Å²) in [5.74, 6) is -0.699. The average Bonchev–Trinajstić information content (AvgIpc) is 3.29. The van der Waals surface area contributed by atoms with Gasteiger partial charge in [0.2, 0.25) is 11.8 Å². The Hall–Kier alpha value is -2.43. The van der Waals surface area contributed by atoms with Crippen LogP contribution in [0, 0.1) is 6.92 Å². The summed E-state index contributed by atoms with van der Waals surface area (Å²) in [6, 6.07) is 10.4. The molecule has 0 spiro atoms. The Kier molecular flexibility index (Phi) is 6.56. The van der Waals surface area contributed by atoms with Crippen LogP contribution in [-0.2, 0) is 19.6 Å². The van der Waals surface area contributed by atoms with Crippen LogP contribution in [0.2, 0.25) is 0 Å². The van der Waals surface area contributed by atoms with Gasteiger partial charge in [-0.1, -0.05) is 41.6 Å². The van der Waals surface area contributed by atoms with Crippen molar-refractivity contribution < 1.29 is 18.0 Å². The third-order valence-corrected chi connectivity index (χ3v) is 7.92. The number of amidine groups is 1. The third kappa shape index (κ3) is 5.14. The molecule has 1 fully saturated rings. The van der Waals surface area contributed by atoms with Crippen molar-refractivity contribution in [2.45, 2.75) is 22.8 Å². The number of sulfonamides is 1. The highest BCUT2D eigenvalue weighted by molar-refractivity contribution is 8.16. The topological polar surface area (TPSA) is 95.9 Å². The highest BCUT2D eigenvalue weighted by Crippen LogP contribution is 2.32. The van der Waals surface area contributed by atoms with Crippen molar-refractivity contribution in [2.75, 3.05) is 11.9 Å². The van der Waals surface area contributed by atoms with E-state index in [4.69, 9.17) is 0 Å². The van der Waals surface area contributed by atoms with E-state index in [1.54, 1.807) is 23.6 Å². The van der Waals surface area contributed by atoms with E-state index in [-0.39, 0.29) is 34.2 Å². The zero-order valence-electron chi connectivity index (χ0n) is 15.6. The number of anilines is 1. The fraction of sp³-hybridized carbons (Fsp3) is 0.211. The second kappa shape index (κ2) is 8.93. The molecule has 1 N–H and O–H groups in total. The lowest BCUT2D eigenvalue weighted by Gasteiger charge is -2.13. The van der Waals surface area contributed by atoms with Crippen molar-refractivity contribution in [1.82, 2.24) is 4.90 Å².